The molecule has 0 aromatic carbocycles. The number of hydrogen-bond donors (Lipinski definition) is 1. The van der Waals surface area contributed by atoms with Crippen molar-refractivity contribution in [2.45, 2.75) is 32.0 Å². The van der Waals surface area contributed by atoms with Gasteiger partial charge in [-0.1, -0.05) is 0 Å². The fraction of sp³-hybridized carbons (Fsp3) is 0.700. The average Bonchev–Trinajstić information content (AvgIpc) is 2.97. The number of aliphatic hydroxyl groups is 1. The fourth-order valence-corrected chi connectivity index (χ4v) is 2.05. The third-order valence-corrected chi connectivity index (χ3v) is 3.01. The Hall–Kier alpha value is -1.47. The second-order valence-corrected chi connectivity index (χ2v) is 4.24. The lowest BCUT2D eigenvalue weighted by Crippen LogP contribution is -2.33. The van der Waals surface area contributed by atoms with E-state index in [2.05, 4.69) is 4.98 Å². The van der Waals surface area contributed by atoms with Crippen molar-refractivity contribution in [2.75, 3.05) is 13.1 Å². The number of aromatic nitrogens is 2. The van der Waals surface area contributed by atoms with Gasteiger partial charge in [0, 0.05) is 26.1 Å². The summed E-state index contributed by atoms with van der Waals surface area (Å²) >= 11 is 0. The van der Waals surface area contributed by atoms with Gasteiger partial charge in [-0.05, 0) is 22.7 Å². The Morgan fingerprint density at radius 2 is 2.24 bits per heavy atom. The second-order valence-electron chi connectivity index (χ2n) is 4.24. The van der Waals surface area contributed by atoms with E-state index < -0.39 is 11.2 Å². The van der Waals surface area contributed by atoms with E-state index in [-0.39, 0.29) is 5.82 Å². The van der Waals surface area contributed by atoms with Crippen LogP contribution in [0.1, 0.15) is 19.3 Å². The van der Waals surface area contributed by atoms with Crippen molar-refractivity contribution in [1.29, 1.82) is 0 Å². The van der Waals surface area contributed by atoms with Gasteiger partial charge in [0.05, 0.1) is 0 Å². The zero-order valence-electron chi connectivity index (χ0n) is 9.53. The van der Waals surface area contributed by atoms with Crippen LogP contribution in [-0.4, -0.2) is 43.8 Å². The highest BCUT2D eigenvalue weighted by Crippen LogP contribution is 2.13. The minimum Gasteiger partial charge on any atom is -0.378 e. The summed E-state index contributed by atoms with van der Waals surface area (Å²) in [7, 11) is 0. The molecule has 1 saturated heterocycles. The maximum absolute atomic E-state index is 10.4. The minimum atomic E-state index is -0.520. The number of hydrogen-bond acceptors (Lipinski definition) is 5. The second kappa shape index (κ2) is 5.24. The highest BCUT2D eigenvalue weighted by atomic mass is 16.6. The van der Waals surface area contributed by atoms with E-state index in [1.807, 2.05) is 4.90 Å². The standard InChI is InChI=1S/C10H16N4O3/c15-10(13-4-1-2-5-13)3-6-12-7-9(11-8-12)14(16)17/h7-8,10,15H,1-6H2. The van der Waals surface area contributed by atoms with Crippen molar-refractivity contribution < 1.29 is 10.0 Å². The first-order valence-corrected chi connectivity index (χ1v) is 5.75. The first kappa shape index (κ1) is 12.0. The molecule has 0 bridgehead atoms. The Bertz CT molecular complexity index is 387. The molecule has 1 aliphatic rings. The number of imidazole rings is 1. The zero-order chi connectivity index (χ0) is 12.3. The lowest BCUT2D eigenvalue weighted by molar-refractivity contribution is -0.389. The van der Waals surface area contributed by atoms with E-state index in [0.717, 1.165) is 25.9 Å². The summed E-state index contributed by atoms with van der Waals surface area (Å²) in [5.74, 6) is -0.152. The molecule has 1 unspecified atom stereocenters. The monoisotopic (exact) mass is 240 g/mol. The number of aryl methyl sites for hydroxylation is 1. The molecule has 17 heavy (non-hydrogen) atoms. The van der Waals surface area contributed by atoms with Gasteiger partial charge in [0.1, 0.15) is 12.4 Å². The molecule has 0 saturated carbocycles. The Labute approximate surface area is 98.8 Å². The van der Waals surface area contributed by atoms with Crippen LogP contribution >= 0.6 is 0 Å². The molecule has 1 aromatic heterocycles. The molecule has 2 heterocycles. The predicted octanol–water partition coefficient (Wildman–Crippen LogP) is 0.596. The summed E-state index contributed by atoms with van der Waals surface area (Å²) in [4.78, 5) is 15.6. The van der Waals surface area contributed by atoms with Crippen molar-refractivity contribution in [1.82, 2.24) is 14.5 Å². The number of rotatable bonds is 5. The molecule has 1 fully saturated rings. The molecule has 1 atom stereocenters. The van der Waals surface area contributed by atoms with Crippen molar-refractivity contribution in [3.8, 4) is 0 Å². The normalized spacial score (nSPS) is 18.4. The maximum atomic E-state index is 10.4. The SMILES string of the molecule is O=[N+]([O-])c1cn(CCC(O)N2CCCC2)cn1. The number of nitrogens with zero attached hydrogens (tertiary/aromatic N) is 4. The quantitative estimate of drug-likeness (QED) is 0.601. The Balaban J connectivity index is 1.82. The number of aliphatic hydroxyl groups excluding tert-OH is 1. The summed E-state index contributed by atoms with van der Waals surface area (Å²) in [6.45, 7) is 2.41. The molecule has 0 radical (unpaired) electrons. The van der Waals surface area contributed by atoms with Crippen LogP contribution < -0.4 is 0 Å². The van der Waals surface area contributed by atoms with Crippen LogP contribution in [0.5, 0.6) is 0 Å². The predicted molar refractivity (Wildman–Crippen MR) is 60.3 cm³/mol. The third kappa shape index (κ3) is 3.01. The van der Waals surface area contributed by atoms with E-state index in [0.29, 0.717) is 13.0 Å². The van der Waals surface area contributed by atoms with E-state index in [4.69, 9.17) is 0 Å². The van der Waals surface area contributed by atoms with Gasteiger partial charge in [0.2, 0.25) is 6.33 Å². The van der Waals surface area contributed by atoms with Gasteiger partial charge in [-0.3, -0.25) is 4.90 Å². The van der Waals surface area contributed by atoms with Crippen molar-refractivity contribution in [2.24, 2.45) is 0 Å². The van der Waals surface area contributed by atoms with Crippen LogP contribution in [0, 0.1) is 10.1 Å². The van der Waals surface area contributed by atoms with E-state index >= 15 is 0 Å². The van der Waals surface area contributed by atoms with Gasteiger partial charge in [-0.2, -0.15) is 0 Å². The summed E-state index contributed by atoms with van der Waals surface area (Å²) < 4.78 is 1.64. The first-order chi connectivity index (χ1) is 8.16. The van der Waals surface area contributed by atoms with E-state index in [1.54, 1.807) is 4.57 Å². The molecule has 0 aliphatic carbocycles. The molecule has 1 aliphatic heterocycles. The molecule has 1 aromatic rings. The summed E-state index contributed by atoms with van der Waals surface area (Å²) in [6, 6.07) is 0. The van der Waals surface area contributed by atoms with Crippen molar-refractivity contribution >= 4 is 5.82 Å². The molecule has 1 N–H and O–H groups in total. The maximum Gasteiger partial charge on any atom is 0.381 e. The molecule has 0 amide bonds. The lowest BCUT2D eigenvalue weighted by atomic mass is 10.3. The first-order valence-electron chi connectivity index (χ1n) is 5.75. The Kier molecular flexibility index (Phi) is 3.70. The lowest BCUT2D eigenvalue weighted by Gasteiger charge is -2.21. The number of likely N-dealkylation sites (tertiary alicyclic amines) is 1. The van der Waals surface area contributed by atoms with Crippen LogP contribution in [-0.2, 0) is 6.54 Å². The van der Waals surface area contributed by atoms with Crippen molar-refractivity contribution in [3.05, 3.63) is 22.6 Å². The molecule has 2 rings (SSSR count). The average molecular weight is 240 g/mol. The Morgan fingerprint density at radius 1 is 1.53 bits per heavy atom. The topological polar surface area (TPSA) is 84.4 Å². The molecule has 7 heteroatoms. The van der Waals surface area contributed by atoms with Gasteiger partial charge >= 0.3 is 5.82 Å². The van der Waals surface area contributed by atoms with Gasteiger partial charge < -0.3 is 19.8 Å². The van der Waals surface area contributed by atoms with Crippen LogP contribution in [0.4, 0.5) is 5.82 Å². The van der Waals surface area contributed by atoms with Gasteiger partial charge in [0.15, 0.2) is 0 Å². The van der Waals surface area contributed by atoms with Crippen LogP contribution in [0.25, 0.3) is 0 Å². The third-order valence-electron chi connectivity index (χ3n) is 3.01. The molecular formula is C10H16N4O3. The highest BCUT2D eigenvalue weighted by molar-refractivity contribution is 5.12. The summed E-state index contributed by atoms with van der Waals surface area (Å²) in [5, 5.41) is 20.3. The number of nitro groups is 1. The van der Waals surface area contributed by atoms with E-state index in [1.165, 1.54) is 12.5 Å². The Morgan fingerprint density at radius 3 is 2.82 bits per heavy atom. The van der Waals surface area contributed by atoms with Crippen LogP contribution in [0.3, 0.4) is 0 Å². The minimum absolute atomic E-state index is 0.152. The van der Waals surface area contributed by atoms with Gasteiger partial charge in [0.25, 0.3) is 0 Å². The molecule has 7 nitrogen and oxygen atoms in total. The van der Waals surface area contributed by atoms with Crippen LogP contribution in [0.15, 0.2) is 12.5 Å². The zero-order valence-corrected chi connectivity index (χ0v) is 9.53. The fourth-order valence-electron chi connectivity index (χ4n) is 2.05. The van der Waals surface area contributed by atoms with E-state index in [9.17, 15) is 15.2 Å². The highest BCUT2D eigenvalue weighted by Gasteiger charge is 2.19. The summed E-state index contributed by atoms with van der Waals surface area (Å²) in [5.41, 5.74) is 0. The smallest absolute Gasteiger partial charge is 0.378 e. The molecule has 0 spiro atoms. The van der Waals surface area contributed by atoms with Gasteiger partial charge in [-0.15, -0.1) is 0 Å². The molecule has 94 valence electrons. The molecular weight excluding hydrogens is 224 g/mol. The van der Waals surface area contributed by atoms with Crippen molar-refractivity contribution in [3.63, 3.8) is 0 Å². The van der Waals surface area contributed by atoms with Gasteiger partial charge in [-0.25, -0.2) is 0 Å². The van der Waals surface area contributed by atoms with Crippen LogP contribution in [0.2, 0.25) is 0 Å². The summed E-state index contributed by atoms with van der Waals surface area (Å²) in [6.07, 6.45) is 5.18. The largest absolute Gasteiger partial charge is 0.381 e.